The van der Waals surface area contributed by atoms with Gasteiger partial charge in [0.1, 0.15) is 0 Å². The summed E-state index contributed by atoms with van der Waals surface area (Å²) in [6.45, 7) is 0. The van der Waals surface area contributed by atoms with Crippen LogP contribution >= 0.6 is 0 Å². The van der Waals surface area contributed by atoms with Gasteiger partial charge in [-0.25, -0.2) is 4.98 Å². The van der Waals surface area contributed by atoms with Crippen LogP contribution in [0.4, 0.5) is 0 Å². The Labute approximate surface area is 191 Å². The number of pyridine rings is 1. The zero-order valence-corrected chi connectivity index (χ0v) is 18.2. The third-order valence-electron chi connectivity index (χ3n) is 6.73. The molecule has 0 spiro atoms. The fourth-order valence-corrected chi connectivity index (χ4v) is 5.02. The molecule has 1 aliphatic carbocycles. The monoisotopic (exact) mass is 433 g/mol. The van der Waals surface area contributed by atoms with Crippen molar-refractivity contribution in [2.45, 2.75) is 18.4 Å². The van der Waals surface area contributed by atoms with Gasteiger partial charge in [-0.2, -0.15) is 0 Å². The fourth-order valence-electron chi connectivity index (χ4n) is 5.02. The largest absolute Gasteiger partial charge is 0.374 e. The predicted octanol–water partition coefficient (Wildman–Crippen LogP) is 4.31. The molecule has 1 atom stereocenters. The minimum Gasteiger partial charge on any atom is -0.374 e. The highest BCUT2D eigenvalue weighted by molar-refractivity contribution is 5.95. The fraction of sp³-hybridized carbons (Fsp3) is 0.143. The third kappa shape index (κ3) is 3.12. The van der Waals surface area contributed by atoms with Crippen molar-refractivity contribution in [3.8, 4) is 11.1 Å². The van der Waals surface area contributed by atoms with Crippen LogP contribution in [-0.2, 0) is 25.5 Å². The maximum atomic E-state index is 12.5. The zero-order valence-electron chi connectivity index (χ0n) is 18.2. The number of imidazole rings is 1. The van der Waals surface area contributed by atoms with E-state index >= 15 is 0 Å². The molecule has 0 amide bonds. The lowest BCUT2D eigenvalue weighted by molar-refractivity contribution is 0.117. The average Bonchev–Trinajstić information content (AvgIpc) is 3.27. The molecule has 5 aromatic rings. The SMILES string of the molecule is Cn1cncc1C1(O)c2cccc(c2)CCc2cccc(c2)-c2cc(=O)[nH]c3ccc1cc23. The highest BCUT2D eigenvalue weighted by Crippen LogP contribution is 2.39. The number of hydrogen-bond donors (Lipinski definition) is 2. The molecule has 6 bridgehead atoms. The minimum absolute atomic E-state index is 0.145. The van der Waals surface area contributed by atoms with Crippen LogP contribution in [0.15, 0.2) is 90.1 Å². The molecule has 0 saturated carbocycles. The Morgan fingerprint density at radius 1 is 0.939 bits per heavy atom. The lowest BCUT2D eigenvalue weighted by Crippen LogP contribution is -2.31. The van der Waals surface area contributed by atoms with Gasteiger partial charge in [0.2, 0.25) is 5.56 Å². The summed E-state index contributed by atoms with van der Waals surface area (Å²) < 4.78 is 1.85. The molecule has 0 radical (unpaired) electrons. The van der Waals surface area contributed by atoms with Crippen LogP contribution < -0.4 is 5.56 Å². The molecule has 5 nitrogen and oxygen atoms in total. The van der Waals surface area contributed by atoms with Crippen LogP contribution in [0.2, 0.25) is 0 Å². The summed E-state index contributed by atoms with van der Waals surface area (Å²) in [4.78, 5) is 19.7. The molecule has 2 aromatic heterocycles. The summed E-state index contributed by atoms with van der Waals surface area (Å²) in [6.07, 6.45) is 5.13. The quantitative estimate of drug-likeness (QED) is 0.414. The molecule has 6 rings (SSSR count). The Kier molecular flexibility index (Phi) is 4.35. The molecule has 0 aliphatic heterocycles. The third-order valence-corrected chi connectivity index (χ3v) is 6.73. The first-order valence-corrected chi connectivity index (χ1v) is 11.1. The number of aromatic nitrogens is 3. The van der Waals surface area contributed by atoms with Crippen LogP contribution in [0.25, 0.3) is 22.0 Å². The molecule has 0 saturated heterocycles. The summed E-state index contributed by atoms with van der Waals surface area (Å²) in [5, 5.41) is 13.3. The van der Waals surface area contributed by atoms with Gasteiger partial charge in [0.15, 0.2) is 5.60 Å². The average molecular weight is 434 g/mol. The molecular weight excluding hydrogens is 410 g/mol. The number of nitrogens with zero attached hydrogens (tertiary/aromatic N) is 2. The van der Waals surface area contributed by atoms with E-state index in [1.165, 1.54) is 5.56 Å². The number of aromatic amines is 1. The first-order valence-electron chi connectivity index (χ1n) is 11.1. The Hall–Kier alpha value is -3.96. The Morgan fingerprint density at radius 2 is 1.70 bits per heavy atom. The van der Waals surface area contributed by atoms with Crippen LogP contribution in [-0.4, -0.2) is 19.6 Å². The van der Waals surface area contributed by atoms with Gasteiger partial charge < -0.3 is 14.7 Å². The van der Waals surface area contributed by atoms with E-state index in [9.17, 15) is 9.90 Å². The lowest BCUT2D eigenvalue weighted by Gasteiger charge is -2.30. The number of H-pyrrole nitrogens is 1. The van der Waals surface area contributed by atoms with Gasteiger partial charge in [-0.3, -0.25) is 4.79 Å². The summed E-state index contributed by atoms with van der Waals surface area (Å²) in [7, 11) is 1.89. The first kappa shape index (κ1) is 19.7. The Balaban J connectivity index is 1.74. The van der Waals surface area contributed by atoms with Crippen LogP contribution in [0.3, 0.4) is 0 Å². The minimum atomic E-state index is -1.41. The van der Waals surface area contributed by atoms with Crippen molar-refractivity contribution in [1.82, 2.24) is 14.5 Å². The second-order valence-electron chi connectivity index (χ2n) is 8.81. The maximum absolute atomic E-state index is 12.5. The molecule has 2 heterocycles. The van der Waals surface area contributed by atoms with Gasteiger partial charge in [0.25, 0.3) is 0 Å². The smallest absolute Gasteiger partial charge is 0.249 e. The van der Waals surface area contributed by atoms with E-state index in [1.54, 1.807) is 18.6 Å². The molecule has 1 aliphatic rings. The number of aryl methyl sites for hydroxylation is 3. The van der Waals surface area contributed by atoms with E-state index < -0.39 is 5.60 Å². The van der Waals surface area contributed by atoms with Crippen molar-refractivity contribution >= 4 is 10.9 Å². The predicted molar refractivity (Wildman–Crippen MR) is 129 cm³/mol. The van der Waals surface area contributed by atoms with Crippen molar-refractivity contribution in [2.75, 3.05) is 0 Å². The van der Waals surface area contributed by atoms with Gasteiger partial charge in [0, 0.05) is 24.0 Å². The topological polar surface area (TPSA) is 70.9 Å². The molecular formula is C28H23N3O2. The molecule has 0 fully saturated rings. The molecule has 33 heavy (non-hydrogen) atoms. The number of hydrogen-bond acceptors (Lipinski definition) is 3. The maximum Gasteiger partial charge on any atom is 0.249 e. The molecule has 5 heteroatoms. The Bertz CT molecular complexity index is 1580. The van der Waals surface area contributed by atoms with E-state index in [0.29, 0.717) is 5.69 Å². The number of aliphatic hydroxyl groups is 1. The standard InChI is InChI=1S/C28H23N3O2/c1-31-17-29-16-26(31)28(33)21-7-3-5-19(13-21)9-8-18-4-2-6-20(12-18)23-15-27(32)30-25-11-10-22(28)14-24(23)25/h2-7,10-17,33H,8-9H2,1H3,(H,30,32). The zero-order chi connectivity index (χ0) is 22.6. The highest BCUT2D eigenvalue weighted by Gasteiger charge is 2.37. The van der Waals surface area contributed by atoms with Crippen molar-refractivity contribution in [2.24, 2.45) is 7.05 Å². The normalized spacial score (nSPS) is 17.4. The van der Waals surface area contributed by atoms with Crippen molar-refractivity contribution < 1.29 is 5.11 Å². The van der Waals surface area contributed by atoms with Crippen molar-refractivity contribution in [3.05, 3.63) is 124 Å². The second kappa shape index (κ2) is 7.29. The Morgan fingerprint density at radius 3 is 2.48 bits per heavy atom. The molecule has 3 aromatic carbocycles. The van der Waals surface area contributed by atoms with E-state index in [4.69, 9.17) is 0 Å². The number of benzene rings is 3. The van der Waals surface area contributed by atoms with E-state index in [2.05, 4.69) is 34.2 Å². The number of rotatable bonds is 1. The molecule has 162 valence electrons. The van der Waals surface area contributed by atoms with Gasteiger partial charge in [0.05, 0.1) is 18.2 Å². The van der Waals surface area contributed by atoms with Crippen LogP contribution in [0.5, 0.6) is 0 Å². The lowest BCUT2D eigenvalue weighted by atomic mass is 9.82. The molecule has 2 N–H and O–H groups in total. The highest BCUT2D eigenvalue weighted by atomic mass is 16.3. The van der Waals surface area contributed by atoms with Gasteiger partial charge in [-0.05, 0) is 58.4 Å². The van der Waals surface area contributed by atoms with E-state index in [1.807, 2.05) is 54.1 Å². The first-order chi connectivity index (χ1) is 16.0. The van der Waals surface area contributed by atoms with Gasteiger partial charge in [-0.15, -0.1) is 0 Å². The second-order valence-corrected chi connectivity index (χ2v) is 8.81. The summed E-state index contributed by atoms with van der Waals surface area (Å²) in [5.74, 6) is 0. The van der Waals surface area contributed by atoms with Crippen LogP contribution in [0.1, 0.15) is 27.9 Å². The van der Waals surface area contributed by atoms with Crippen molar-refractivity contribution in [3.63, 3.8) is 0 Å². The van der Waals surface area contributed by atoms with Crippen molar-refractivity contribution in [1.29, 1.82) is 0 Å². The van der Waals surface area contributed by atoms with E-state index in [-0.39, 0.29) is 5.56 Å². The van der Waals surface area contributed by atoms with Gasteiger partial charge >= 0.3 is 0 Å². The van der Waals surface area contributed by atoms with Crippen LogP contribution in [0, 0.1) is 0 Å². The summed E-state index contributed by atoms with van der Waals surface area (Å²) in [6, 6.07) is 23.9. The molecule has 1 unspecified atom stereocenters. The van der Waals surface area contributed by atoms with Gasteiger partial charge in [-0.1, -0.05) is 54.6 Å². The number of nitrogens with one attached hydrogen (secondary N) is 1. The summed E-state index contributed by atoms with van der Waals surface area (Å²) >= 11 is 0. The van der Waals surface area contributed by atoms with E-state index in [0.717, 1.165) is 51.6 Å². The summed E-state index contributed by atoms with van der Waals surface area (Å²) in [5.41, 5.74) is 5.60. The number of fused-ring (bicyclic) bond motifs is 6.